The highest BCUT2D eigenvalue weighted by Gasteiger charge is 2.33. The van der Waals surface area contributed by atoms with Crippen LogP contribution in [0.3, 0.4) is 0 Å². The van der Waals surface area contributed by atoms with Gasteiger partial charge in [0, 0.05) is 31.2 Å². The van der Waals surface area contributed by atoms with Crippen LogP contribution in [0.15, 0.2) is 48.5 Å². The van der Waals surface area contributed by atoms with Gasteiger partial charge in [0.1, 0.15) is 5.82 Å². The molecule has 0 amide bonds. The van der Waals surface area contributed by atoms with Gasteiger partial charge in [-0.1, -0.05) is 36.4 Å². The molecule has 6 rings (SSSR count). The molecule has 3 aliphatic heterocycles. The molecule has 3 aromatic rings. The quantitative estimate of drug-likeness (QED) is 0.677. The number of carbonyl (C=O) groups is 1. The van der Waals surface area contributed by atoms with Crippen LogP contribution < -0.4 is 5.32 Å². The van der Waals surface area contributed by atoms with Crippen molar-refractivity contribution in [3.63, 3.8) is 0 Å². The summed E-state index contributed by atoms with van der Waals surface area (Å²) in [7, 11) is 0. The highest BCUT2D eigenvalue weighted by atomic mass is 16.4. The molecule has 0 spiro atoms. The fourth-order valence-electron chi connectivity index (χ4n) is 4.94. The first-order valence-electron chi connectivity index (χ1n) is 10.4. The van der Waals surface area contributed by atoms with Crippen LogP contribution >= 0.6 is 0 Å². The van der Waals surface area contributed by atoms with Crippen molar-refractivity contribution in [1.82, 2.24) is 19.8 Å². The fraction of sp³-hybridized carbons (Fsp3) is 0.391. The molecular formula is C23H26N4O2. The Balaban J connectivity index is 1.46. The van der Waals surface area contributed by atoms with Crippen LogP contribution in [0.5, 0.6) is 0 Å². The van der Waals surface area contributed by atoms with E-state index >= 15 is 0 Å². The van der Waals surface area contributed by atoms with Crippen LogP contribution in [0, 0.1) is 5.92 Å². The molecule has 1 aromatic heterocycles. The van der Waals surface area contributed by atoms with Crippen molar-refractivity contribution in [3.8, 4) is 11.4 Å². The third-order valence-corrected chi connectivity index (χ3v) is 6.43. The molecule has 3 fully saturated rings. The van der Waals surface area contributed by atoms with Gasteiger partial charge in [-0.3, -0.25) is 0 Å². The van der Waals surface area contributed by atoms with Crippen LogP contribution in [0.2, 0.25) is 0 Å². The summed E-state index contributed by atoms with van der Waals surface area (Å²) in [6.07, 6.45) is 2.56. The predicted molar refractivity (Wildman–Crippen MR) is 113 cm³/mol. The van der Waals surface area contributed by atoms with Crippen molar-refractivity contribution < 1.29 is 9.90 Å². The molecule has 1 atom stereocenters. The first-order chi connectivity index (χ1) is 14.2. The van der Waals surface area contributed by atoms with Gasteiger partial charge in [-0.2, -0.15) is 0 Å². The second-order valence-electron chi connectivity index (χ2n) is 8.13. The van der Waals surface area contributed by atoms with Gasteiger partial charge in [-0.15, -0.1) is 0 Å². The minimum absolute atomic E-state index is 0.306. The Morgan fingerprint density at radius 3 is 2.59 bits per heavy atom. The Bertz CT molecular complexity index is 1020. The van der Waals surface area contributed by atoms with E-state index in [1.165, 1.54) is 25.9 Å². The molecule has 6 nitrogen and oxygen atoms in total. The van der Waals surface area contributed by atoms with Crippen molar-refractivity contribution >= 4 is 17.0 Å². The summed E-state index contributed by atoms with van der Waals surface area (Å²) in [5.41, 5.74) is 2.74. The van der Waals surface area contributed by atoms with Crippen LogP contribution in [0.4, 0.5) is 0 Å². The molecule has 6 heteroatoms. The Morgan fingerprint density at radius 1 is 1.10 bits per heavy atom. The first-order valence-corrected chi connectivity index (χ1v) is 10.4. The molecule has 4 heterocycles. The number of carboxylic acids is 1. The minimum Gasteiger partial charge on any atom is -0.478 e. The third kappa shape index (κ3) is 3.43. The smallest absolute Gasteiger partial charge is 0.337 e. The summed E-state index contributed by atoms with van der Waals surface area (Å²) in [6, 6.07) is 15.9. The second-order valence-corrected chi connectivity index (χ2v) is 8.13. The SMILES string of the molecule is O=C(O)c1cccc2nc(-c3ccccc3)n(CCNC3CN4CCC3CC4)c12. The standard InChI is InChI=1S/C23H26N4O2/c28-23(29)18-7-4-8-19-21(18)27(22(25-19)17-5-2-1-3-6-17)14-11-24-20-15-26-12-9-16(20)10-13-26/h1-8,16,20,24H,9-15H2,(H,28,29). The molecule has 29 heavy (non-hydrogen) atoms. The van der Waals surface area contributed by atoms with Gasteiger partial charge >= 0.3 is 5.97 Å². The summed E-state index contributed by atoms with van der Waals surface area (Å²) >= 11 is 0. The fourth-order valence-corrected chi connectivity index (χ4v) is 4.94. The number of fused-ring (bicyclic) bond motifs is 4. The third-order valence-electron chi connectivity index (χ3n) is 6.43. The van der Waals surface area contributed by atoms with E-state index in [4.69, 9.17) is 4.98 Å². The van der Waals surface area contributed by atoms with Gasteiger partial charge in [0.25, 0.3) is 0 Å². The molecule has 2 bridgehead atoms. The zero-order valence-electron chi connectivity index (χ0n) is 16.4. The van der Waals surface area contributed by atoms with Crippen molar-refractivity contribution in [2.45, 2.75) is 25.4 Å². The Hall–Kier alpha value is -2.70. The molecule has 1 unspecified atom stereocenters. The predicted octanol–water partition coefficient (Wildman–Crippen LogP) is 3.09. The summed E-state index contributed by atoms with van der Waals surface area (Å²) in [5, 5.41) is 13.5. The van der Waals surface area contributed by atoms with Crippen molar-refractivity contribution in [3.05, 3.63) is 54.1 Å². The zero-order valence-corrected chi connectivity index (χ0v) is 16.4. The normalized spacial score (nSPS) is 23.5. The number of aromatic carboxylic acids is 1. The molecule has 0 radical (unpaired) electrons. The Morgan fingerprint density at radius 2 is 1.90 bits per heavy atom. The van der Waals surface area contributed by atoms with Crippen LogP contribution in [0.1, 0.15) is 23.2 Å². The number of benzene rings is 2. The van der Waals surface area contributed by atoms with E-state index in [0.29, 0.717) is 23.7 Å². The lowest BCUT2D eigenvalue weighted by molar-refractivity contribution is 0.0698. The maximum absolute atomic E-state index is 11.9. The van der Waals surface area contributed by atoms with Gasteiger partial charge in [0.2, 0.25) is 0 Å². The molecule has 3 aliphatic rings. The average molecular weight is 390 g/mol. The maximum Gasteiger partial charge on any atom is 0.337 e. The number of nitrogens with one attached hydrogen (secondary N) is 1. The van der Waals surface area contributed by atoms with Gasteiger partial charge in [0.15, 0.2) is 0 Å². The maximum atomic E-state index is 11.9. The number of hydrogen-bond donors (Lipinski definition) is 2. The molecule has 2 aromatic carbocycles. The lowest BCUT2D eigenvalue weighted by atomic mass is 9.84. The first kappa shape index (κ1) is 18.3. The molecule has 3 saturated heterocycles. The van der Waals surface area contributed by atoms with Gasteiger partial charge < -0.3 is 19.9 Å². The van der Waals surface area contributed by atoms with Crippen molar-refractivity contribution in [2.24, 2.45) is 5.92 Å². The highest BCUT2D eigenvalue weighted by molar-refractivity contribution is 6.02. The summed E-state index contributed by atoms with van der Waals surface area (Å²) in [4.78, 5) is 19.2. The topological polar surface area (TPSA) is 70.4 Å². The van der Waals surface area contributed by atoms with Gasteiger partial charge in [0.05, 0.1) is 16.6 Å². The molecular weight excluding hydrogens is 364 g/mol. The van der Waals surface area contributed by atoms with Gasteiger partial charge in [-0.05, 0) is 44.0 Å². The van der Waals surface area contributed by atoms with Crippen LogP contribution in [-0.4, -0.2) is 57.7 Å². The second kappa shape index (κ2) is 7.61. The summed E-state index contributed by atoms with van der Waals surface area (Å²) in [6.45, 7) is 5.08. The van der Waals surface area contributed by atoms with E-state index in [2.05, 4.69) is 14.8 Å². The van der Waals surface area contributed by atoms with E-state index in [9.17, 15) is 9.90 Å². The van der Waals surface area contributed by atoms with E-state index in [-0.39, 0.29) is 0 Å². The molecule has 0 aliphatic carbocycles. The molecule has 2 N–H and O–H groups in total. The van der Waals surface area contributed by atoms with E-state index in [1.807, 2.05) is 36.4 Å². The van der Waals surface area contributed by atoms with Crippen molar-refractivity contribution in [2.75, 3.05) is 26.2 Å². The van der Waals surface area contributed by atoms with E-state index < -0.39 is 5.97 Å². The molecule has 0 saturated carbocycles. The number of carboxylic acid groups (broad SMARTS) is 1. The molecule has 150 valence electrons. The Kier molecular flexibility index (Phi) is 4.81. The van der Waals surface area contributed by atoms with Gasteiger partial charge in [-0.25, -0.2) is 9.78 Å². The Labute approximate surface area is 170 Å². The number of para-hydroxylation sites is 1. The largest absolute Gasteiger partial charge is 0.478 e. The number of nitrogens with zero attached hydrogens (tertiary/aromatic N) is 3. The number of rotatable bonds is 6. The summed E-state index contributed by atoms with van der Waals surface area (Å²) in [5.74, 6) is 0.675. The van der Waals surface area contributed by atoms with Crippen LogP contribution in [-0.2, 0) is 6.54 Å². The van der Waals surface area contributed by atoms with E-state index in [1.54, 1.807) is 12.1 Å². The monoisotopic (exact) mass is 390 g/mol. The lowest BCUT2D eigenvalue weighted by Gasteiger charge is -2.45. The average Bonchev–Trinajstić information content (AvgIpc) is 3.14. The number of piperidine rings is 3. The van der Waals surface area contributed by atoms with E-state index in [0.717, 1.165) is 35.9 Å². The summed E-state index contributed by atoms with van der Waals surface area (Å²) < 4.78 is 2.07. The zero-order chi connectivity index (χ0) is 19.8. The lowest BCUT2D eigenvalue weighted by Crippen LogP contribution is -2.56. The highest BCUT2D eigenvalue weighted by Crippen LogP contribution is 2.29. The van der Waals surface area contributed by atoms with Crippen molar-refractivity contribution in [1.29, 1.82) is 0 Å². The minimum atomic E-state index is -0.915. The number of imidazole rings is 1. The number of aromatic nitrogens is 2. The number of hydrogen-bond acceptors (Lipinski definition) is 4. The van der Waals surface area contributed by atoms with Crippen LogP contribution in [0.25, 0.3) is 22.4 Å².